The van der Waals surface area contributed by atoms with Gasteiger partial charge in [0.15, 0.2) is 0 Å². The van der Waals surface area contributed by atoms with E-state index in [0.717, 1.165) is 10.8 Å². The summed E-state index contributed by atoms with van der Waals surface area (Å²) in [5.74, 6) is -0.477. The molecular formula is C32H42N4O9S2. The average Bonchev–Trinajstić information content (AvgIpc) is 3.46. The summed E-state index contributed by atoms with van der Waals surface area (Å²) < 4.78 is 68.0. The van der Waals surface area contributed by atoms with Crippen molar-refractivity contribution in [1.82, 2.24) is 19.7 Å². The molecule has 2 saturated heterocycles. The van der Waals surface area contributed by atoms with Gasteiger partial charge in [0.05, 0.1) is 28.1 Å². The van der Waals surface area contributed by atoms with Crippen molar-refractivity contribution in [2.75, 3.05) is 39.9 Å². The van der Waals surface area contributed by atoms with Crippen LogP contribution in [0.1, 0.15) is 26.2 Å². The first-order valence-corrected chi connectivity index (χ1v) is 18.4. The van der Waals surface area contributed by atoms with Gasteiger partial charge in [0.2, 0.25) is 26.0 Å². The Morgan fingerprint density at radius 3 is 2.43 bits per heavy atom. The van der Waals surface area contributed by atoms with E-state index in [9.17, 15) is 31.8 Å². The van der Waals surface area contributed by atoms with Crippen LogP contribution in [0.15, 0.2) is 76.5 Å². The third-order valence-corrected chi connectivity index (χ3v) is 12.0. The number of carbonyl (C=O) groups is 1. The van der Waals surface area contributed by atoms with Gasteiger partial charge in [0.1, 0.15) is 24.5 Å². The Hall–Kier alpha value is -3.15. The Kier molecular flexibility index (Phi) is 10.9. The van der Waals surface area contributed by atoms with Gasteiger partial charge in [-0.25, -0.2) is 16.8 Å². The van der Waals surface area contributed by atoms with E-state index < -0.39 is 49.8 Å². The molecule has 2 aliphatic heterocycles. The van der Waals surface area contributed by atoms with Crippen LogP contribution in [-0.2, 0) is 29.6 Å². The lowest BCUT2D eigenvalue weighted by Crippen LogP contribution is -2.51. The Bertz CT molecular complexity index is 1780. The molecule has 4 atom stereocenters. The molecule has 2 heterocycles. The second-order valence-corrected chi connectivity index (χ2v) is 15.8. The molecule has 0 bridgehead atoms. The lowest BCUT2D eigenvalue weighted by molar-refractivity contribution is -0.124. The molecule has 3 aromatic rings. The standard InChI is InChI=1S/C32H42N4O9S2/c1-22(37)30(31(39)33-2)35-46(40,41)28-9-5-8-27(17-28)44-21-26(38)19-34-25-18-32(45-20-25)12-14-36(15-13-32)47(42,43)29-11-10-23-6-3-4-7-24(23)16-29/h3-11,16-17,22,25-26,30,34-35,37-38H,12-15,18-21H2,1-2H3,(H,33,39). The average molecular weight is 691 g/mol. The highest BCUT2D eigenvalue weighted by Crippen LogP contribution is 2.37. The van der Waals surface area contributed by atoms with E-state index in [-0.39, 0.29) is 34.7 Å². The van der Waals surface area contributed by atoms with E-state index in [1.54, 1.807) is 18.2 Å². The number of amides is 1. The van der Waals surface area contributed by atoms with Gasteiger partial charge in [0, 0.05) is 38.8 Å². The third-order valence-electron chi connectivity index (χ3n) is 8.70. The number of hydrogen-bond donors (Lipinski definition) is 5. The molecule has 1 amide bonds. The molecule has 5 rings (SSSR count). The molecule has 1 spiro atoms. The summed E-state index contributed by atoms with van der Waals surface area (Å²) in [6.07, 6.45) is -0.359. The minimum Gasteiger partial charge on any atom is -0.491 e. The third kappa shape index (κ3) is 8.29. The van der Waals surface area contributed by atoms with Gasteiger partial charge in [-0.1, -0.05) is 36.4 Å². The number of hydrogen-bond acceptors (Lipinski definition) is 10. The first-order chi connectivity index (χ1) is 22.3. The zero-order valence-electron chi connectivity index (χ0n) is 26.3. The monoisotopic (exact) mass is 690 g/mol. The molecule has 2 fully saturated rings. The maximum absolute atomic E-state index is 13.4. The molecule has 0 radical (unpaired) electrons. The van der Waals surface area contributed by atoms with Gasteiger partial charge < -0.3 is 30.3 Å². The smallest absolute Gasteiger partial charge is 0.243 e. The molecule has 0 aromatic heterocycles. The van der Waals surface area contributed by atoms with Crippen molar-refractivity contribution < 1.29 is 41.3 Å². The highest BCUT2D eigenvalue weighted by Gasteiger charge is 2.44. The fourth-order valence-corrected chi connectivity index (χ4v) is 8.76. The van der Waals surface area contributed by atoms with Gasteiger partial charge in [-0.15, -0.1) is 0 Å². The van der Waals surface area contributed by atoms with Crippen molar-refractivity contribution in [3.05, 3.63) is 66.7 Å². The van der Waals surface area contributed by atoms with Crippen LogP contribution in [0, 0.1) is 0 Å². The van der Waals surface area contributed by atoms with E-state index >= 15 is 0 Å². The van der Waals surface area contributed by atoms with Crippen molar-refractivity contribution >= 4 is 36.7 Å². The van der Waals surface area contributed by atoms with Crippen LogP contribution in [0.25, 0.3) is 10.8 Å². The first kappa shape index (κ1) is 35.2. The van der Waals surface area contributed by atoms with Gasteiger partial charge in [-0.05, 0) is 61.2 Å². The maximum Gasteiger partial charge on any atom is 0.243 e. The molecule has 256 valence electrons. The molecule has 2 aliphatic rings. The summed E-state index contributed by atoms with van der Waals surface area (Å²) in [6.45, 7) is 2.54. The Morgan fingerprint density at radius 1 is 1.00 bits per heavy atom. The zero-order valence-corrected chi connectivity index (χ0v) is 28.0. The van der Waals surface area contributed by atoms with Crippen LogP contribution in [-0.4, -0.2) is 107 Å². The summed E-state index contributed by atoms with van der Waals surface area (Å²) in [7, 11) is -6.46. The van der Waals surface area contributed by atoms with E-state index in [0.29, 0.717) is 39.0 Å². The highest BCUT2D eigenvalue weighted by molar-refractivity contribution is 7.89. The fraction of sp³-hybridized carbons (Fsp3) is 0.469. The molecule has 0 saturated carbocycles. The summed E-state index contributed by atoms with van der Waals surface area (Å²) in [5.41, 5.74) is -0.431. The predicted octanol–water partition coefficient (Wildman–Crippen LogP) is 0.955. The number of rotatable bonds is 13. The molecule has 5 N–H and O–H groups in total. The largest absolute Gasteiger partial charge is 0.491 e. The van der Waals surface area contributed by atoms with Gasteiger partial charge in [-0.2, -0.15) is 9.03 Å². The number of nitrogens with one attached hydrogen (secondary N) is 3. The molecule has 13 nitrogen and oxygen atoms in total. The van der Waals surface area contributed by atoms with E-state index in [1.165, 1.54) is 36.5 Å². The topological polar surface area (TPSA) is 184 Å². The van der Waals surface area contributed by atoms with Crippen molar-refractivity contribution in [2.45, 2.75) is 65.9 Å². The number of sulfonamides is 2. The number of aliphatic hydroxyl groups excluding tert-OH is 2. The van der Waals surface area contributed by atoms with Crippen molar-refractivity contribution in [1.29, 1.82) is 0 Å². The zero-order chi connectivity index (χ0) is 33.8. The number of benzene rings is 3. The molecule has 47 heavy (non-hydrogen) atoms. The number of ether oxygens (including phenoxy) is 2. The van der Waals surface area contributed by atoms with E-state index in [4.69, 9.17) is 9.47 Å². The molecular weight excluding hydrogens is 649 g/mol. The van der Waals surface area contributed by atoms with Gasteiger partial charge in [-0.3, -0.25) is 4.79 Å². The number of piperidine rings is 1. The maximum atomic E-state index is 13.4. The second kappa shape index (κ2) is 14.5. The van der Waals surface area contributed by atoms with E-state index in [1.807, 2.05) is 30.3 Å². The van der Waals surface area contributed by atoms with Crippen LogP contribution in [0.2, 0.25) is 0 Å². The second-order valence-electron chi connectivity index (χ2n) is 12.1. The number of aliphatic hydroxyl groups is 2. The molecule has 0 aliphatic carbocycles. The molecule has 4 unspecified atom stereocenters. The van der Waals surface area contributed by atoms with Gasteiger partial charge >= 0.3 is 0 Å². The van der Waals surface area contributed by atoms with Crippen LogP contribution < -0.4 is 20.1 Å². The fourth-order valence-electron chi connectivity index (χ4n) is 5.98. The highest BCUT2D eigenvalue weighted by atomic mass is 32.2. The van der Waals surface area contributed by atoms with Gasteiger partial charge in [0.25, 0.3) is 0 Å². The van der Waals surface area contributed by atoms with Crippen LogP contribution in [0.4, 0.5) is 0 Å². The molecule has 3 aromatic carbocycles. The number of carbonyl (C=O) groups excluding carboxylic acids is 1. The van der Waals surface area contributed by atoms with E-state index in [2.05, 4.69) is 15.4 Å². The lowest BCUT2D eigenvalue weighted by atomic mass is 9.88. The van der Waals surface area contributed by atoms with Crippen molar-refractivity contribution in [3.8, 4) is 5.75 Å². The number of fused-ring (bicyclic) bond motifs is 1. The Labute approximate surface area is 275 Å². The first-order valence-electron chi connectivity index (χ1n) is 15.5. The number of likely N-dealkylation sites (N-methyl/N-ethyl adjacent to an activating group) is 1. The minimum atomic E-state index is -4.17. The summed E-state index contributed by atoms with van der Waals surface area (Å²) in [6, 6.07) is 17.1. The number of nitrogens with zero attached hydrogens (tertiary/aromatic N) is 1. The van der Waals surface area contributed by atoms with Crippen LogP contribution >= 0.6 is 0 Å². The van der Waals surface area contributed by atoms with Crippen molar-refractivity contribution in [2.24, 2.45) is 0 Å². The quantitative estimate of drug-likeness (QED) is 0.173. The SMILES string of the molecule is CNC(=O)C(NS(=O)(=O)c1cccc(OCC(O)CNC2COC3(CCN(S(=O)(=O)c4ccc5ccccc5c4)CC3)C2)c1)C(C)O. The Balaban J connectivity index is 1.08. The van der Waals surface area contributed by atoms with Crippen LogP contribution in [0.3, 0.4) is 0 Å². The predicted molar refractivity (Wildman–Crippen MR) is 175 cm³/mol. The summed E-state index contributed by atoms with van der Waals surface area (Å²) in [5, 5.41) is 27.9. The van der Waals surface area contributed by atoms with Crippen molar-refractivity contribution in [3.63, 3.8) is 0 Å². The lowest BCUT2D eigenvalue weighted by Gasteiger charge is -2.38. The minimum absolute atomic E-state index is 0.0324. The Morgan fingerprint density at radius 2 is 1.72 bits per heavy atom. The normalized spacial score (nSPS) is 20.6. The van der Waals surface area contributed by atoms with Crippen LogP contribution in [0.5, 0.6) is 5.75 Å². The summed E-state index contributed by atoms with van der Waals surface area (Å²) in [4.78, 5) is 12.1. The molecule has 15 heteroatoms. The summed E-state index contributed by atoms with van der Waals surface area (Å²) >= 11 is 0.